The third kappa shape index (κ3) is 3.72. The highest BCUT2D eigenvalue weighted by molar-refractivity contribution is 5.82. The Labute approximate surface area is 134 Å². The van der Waals surface area contributed by atoms with E-state index in [1.165, 1.54) is 6.07 Å². The van der Waals surface area contributed by atoms with Crippen molar-refractivity contribution in [2.75, 3.05) is 6.54 Å². The van der Waals surface area contributed by atoms with Gasteiger partial charge in [-0.3, -0.25) is 9.78 Å². The summed E-state index contributed by atoms with van der Waals surface area (Å²) in [7, 11) is 0. The Balaban J connectivity index is 1.58. The topological polar surface area (TPSA) is 42.0 Å². The van der Waals surface area contributed by atoms with Gasteiger partial charge >= 0.3 is 0 Å². The lowest BCUT2D eigenvalue weighted by Gasteiger charge is -2.08. The standard InChI is InChI=1S/C19H17FN2O/c20-17-9-2-1-5-16(17)13-18(23)21-12-10-15-7-3-6-14-8-4-11-22-19(14)15/h1-9,11H,10,12-13H2,(H,21,23). The molecule has 4 heteroatoms. The van der Waals surface area contributed by atoms with E-state index in [0.717, 1.165) is 16.5 Å². The van der Waals surface area contributed by atoms with Gasteiger partial charge in [0.25, 0.3) is 0 Å². The molecular weight excluding hydrogens is 291 g/mol. The molecule has 3 aromatic rings. The molecule has 1 heterocycles. The van der Waals surface area contributed by atoms with Crippen LogP contribution >= 0.6 is 0 Å². The van der Waals surface area contributed by atoms with Crippen molar-refractivity contribution in [3.8, 4) is 0 Å². The highest BCUT2D eigenvalue weighted by Crippen LogP contribution is 2.16. The predicted octanol–water partition coefficient (Wildman–Crippen LogP) is 3.28. The predicted molar refractivity (Wildman–Crippen MR) is 88.6 cm³/mol. The number of benzene rings is 2. The van der Waals surface area contributed by atoms with Crippen LogP contribution in [0, 0.1) is 5.82 Å². The Kier molecular flexibility index (Phi) is 4.62. The SMILES string of the molecule is O=C(Cc1ccccc1F)NCCc1cccc2cccnc12. The van der Waals surface area contributed by atoms with E-state index < -0.39 is 0 Å². The molecule has 0 aliphatic rings. The van der Waals surface area contributed by atoms with Crippen LogP contribution in [-0.4, -0.2) is 17.4 Å². The van der Waals surface area contributed by atoms with Crippen LogP contribution in [0.2, 0.25) is 0 Å². The fourth-order valence-corrected chi connectivity index (χ4v) is 2.58. The van der Waals surface area contributed by atoms with Crippen LogP contribution in [0.3, 0.4) is 0 Å². The average molecular weight is 308 g/mol. The fourth-order valence-electron chi connectivity index (χ4n) is 2.58. The van der Waals surface area contributed by atoms with Crippen molar-refractivity contribution in [2.24, 2.45) is 0 Å². The van der Waals surface area contributed by atoms with Crippen LogP contribution in [0.15, 0.2) is 60.8 Å². The number of nitrogens with zero attached hydrogens (tertiary/aromatic N) is 1. The van der Waals surface area contributed by atoms with Crippen molar-refractivity contribution < 1.29 is 9.18 Å². The minimum atomic E-state index is -0.346. The second-order valence-electron chi connectivity index (χ2n) is 5.36. The van der Waals surface area contributed by atoms with Crippen LogP contribution < -0.4 is 5.32 Å². The number of hydrogen-bond acceptors (Lipinski definition) is 2. The lowest BCUT2D eigenvalue weighted by atomic mass is 10.1. The molecule has 0 aliphatic heterocycles. The molecule has 0 atom stereocenters. The molecule has 0 spiro atoms. The van der Waals surface area contributed by atoms with Gasteiger partial charge in [-0.25, -0.2) is 4.39 Å². The molecule has 0 saturated carbocycles. The Morgan fingerprint density at radius 2 is 1.78 bits per heavy atom. The molecule has 0 unspecified atom stereocenters. The van der Waals surface area contributed by atoms with E-state index in [1.54, 1.807) is 24.4 Å². The van der Waals surface area contributed by atoms with Gasteiger partial charge < -0.3 is 5.32 Å². The summed E-state index contributed by atoms with van der Waals surface area (Å²) < 4.78 is 13.5. The number of rotatable bonds is 5. The van der Waals surface area contributed by atoms with Crippen LogP contribution in [0.25, 0.3) is 10.9 Å². The van der Waals surface area contributed by atoms with E-state index in [9.17, 15) is 9.18 Å². The first kappa shape index (κ1) is 15.2. The summed E-state index contributed by atoms with van der Waals surface area (Å²) in [6, 6.07) is 16.3. The Morgan fingerprint density at radius 1 is 1.00 bits per heavy atom. The zero-order valence-electron chi connectivity index (χ0n) is 12.6. The largest absolute Gasteiger partial charge is 0.355 e. The highest BCUT2D eigenvalue weighted by atomic mass is 19.1. The fraction of sp³-hybridized carbons (Fsp3) is 0.158. The number of aromatic nitrogens is 1. The molecule has 0 bridgehead atoms. The summed E-state index contributed by atoms with van der Waals surface area (Å²) in [6.45, 7) is 0.503. The van der Waals surface area contributed by atoms with Crippen LogP contribution in [-0.2, 0) is 17.6 Å². The second kappa shape index (κ2) is 7.01. The number of nitrogens with one attached hydrogen (secondary N) is 1. The molecule has 1 amide bonds. The lowest BCUT2D eigenvalue weighted by molar-refractivity contribution is -0.120. The van der Waals surface area contributed by atoms with Crippen LogP contribution in [0.1, 0.15) is 11.1 Å². The van der Waals surface area contributed by atoms with Crippen molar-refractivity contribution in [3.63, 3.8) is 0 Å². The molecule has 23 heavy (non-hydrogen) atoms. The number of fused-ring (bicyclic) bond motifs is 1. The molecule has 3 nitrogen and oxygen atoms in total. The quantitative estimate of drug-likeness (QED) is 0.786. The van der Waals surface area contributed by atoms with E-state index in [-0.39, 0.29) is 18.1 Å². The molecule has 3 rings (SSSR count). The summed E-state index contributed by atoms with van der Waals surface area (Å²) in [5, 5.41) is 3.92. The van der Waals surface area contributed by atoms with Gasteiger partial charge in [0.05, 0.1) is 11.9 Å². The van der Waals surface area contributed by atoms with Crippen LogP contribution in [0.4, 0.5) is 4.39 Å². The summed E-state index contributed by atoms with van der Waals surface area (Å²) in [6.07, 6.45) is 2.51. The Hall–Kier alpha value is -2.75. The smallest absolute Gasteiger partial charge is 0.224 e. The summed E-state index contributed by atoms with van der Waals surface area (Å²) in [5.74, 6) is -0.524. The van der Waals surface area contributed by atoms with Gasteiger partial charge in [0, 0.05) is 18.1 Å². The minimum absolute atomic E-state index is 0.0560. The number of carbonyl (C=O) groups excluding carboxylic acids is 1. The van der Waals surface area contributed by atoms with E-state index >= 15 is 0 Å². The van der Waals surface area contributed by atoms with Gasteiger partial charge in [-0.1, -0.05) is 42.5 Å². The number of hydrogen-bond donors (Lipinski definition) is 1. The number of pyridine rings is 1. The highest BCUT2D eigenvalue weighted by Gasteiger charge is 2.08. The normalized spacial score (nSPS) is 10.7. The van der Waals surface area contributed by atoms with Gasteiger partial charge in [-0.2, -0.15) is 0 Å². The van der Waals surface area contributed by atoms with E-state index in [2.05, 4.69) is 10.3 Å². The van der Waals surface area contributed by atoms with E-state index in [1.807, 2.05) is 30.3 Å². The van der Waals surface area contributed by atoms with Crippen molar-refractivity contribution >= 4 is 16.8 Å². The molecule has 2 aromatic carbocycles. The van der Waals surface area contributed by atoms with Crippen molar-refractivity contribution in [3.05, 3.63) is 77.7 Å². The molecule has 1 aromatic heterocycles. The number of amides is 1. The van der Waals surface area contributed by atoms with Crippen molar-refractivity contribution in [1.82, 2.24) is 10.3 Å². The molecule has 0 radical (unpaired) electrons. The molecule has 0 fully saturated rings. The average Bonchev–Trinajstić information content (AvgIpc) is 2.57. The number of carbonyl (C=O) groups is 1. The minimum Gasteiger partial charge on any atom is -0.355 e. The first-order valence-electron chi connectivity index (χ1n) is 7.57. The maximum Gasteiger partial charge on any atom is 0.224 e. The molecule has 116 valence electrons. The summed E-state index contributed by atoms with van der Waals surface area (Å²) >= 11 is 0. The lowest BCUT2D eigenvalue weighted by Crippen LogP contribution is -2.27. The van der Waals surface area contributed by atoms with Crippen molar-refractivity contribution in [1.29, 1.82) is 0 Å². The third-order valence-corrected chi connectivity index (χ3v) is 3.74. The Bertz CT molecular complexity index is 827. The van der Waals surface area contributed by atoms with E-state index in [4.69, 9.17) is 0 Å². The first-order chi connectivity index (χ1) is 11.2. The maximum absolute atomic E-state index is 13.5. The molecule has 1 N–H and O–H groups in total. The zero-order valence-corrected chi connectivity index (χ0v) is 12.6. The van der Waals surface area contributed by atoms with Crippen molar-refractivity contribution in [2.45, 2.75) is 12.8 Å². The summed E-state index contributed by atoms with van der Waals surface area (Å²) in [5.41, 5.74) is 2.46. The second-order valence-corrected chi connectivity index (χ2v) is 5.36. The third-order valence-electron chi connectivity index (χ3n) is 3.74. The van der Waals surface area contributed by atoms with Gasteiger partial charge in [0.15, 0.2) is 0 Å². The van der Waals surface area contributed by atoms with Gasteiger partial charge in [-0.05, 0) is 29.7 Å². The van der Waals surface area contributed by atoms with Gasteiger partial charge in [-0.15, -0.1) is 0 Å². The van der Waals surface area contributed by atoms with Gasteiger partial charge in [0.1, 0.15) is 5.82 Å². The Morgan fingerprint density at radius 3 is 2.65 bits per heavy atom. The molecule has 0 aliphatic carbocycles. The number of para-hydroxylation sites is 1. The first-order valence-corrected chi connectivity index (χ1v) is 7.57. The van der Waals surface area contributed by atoms with Crippen LogP contribution in [0.5, 0.6) is 0 Å². The monoisotopic (exact) mass is 308 g/mol. The summed E-state index contributed by atoms with van der Waals surface area (Å²) in [4.78, 5) is 16.3. The molecule has 0 saturated heterocycles. The zero-order chi connectivity index (χ0) is 16.1. The number of halogens is 1. The van der Waals surface area contributed by atoms with Gasteiger partial charge in [0.2, 0.25) is 5.91 Å². The molecular formula is C19H17FN2O. The van der Waals surface area contributed by atoms with E-state index in [0.29, 0.717) is 18.5 Å². The maximum atomic E-state index is 13.5.